The first kappa shape index (κ1) is 16.2. The van der Waals surface area contributed by atoms with Crippen LogP contribution in [0.25, 0.3) is 0 Å². The molecule has 2 aromatic rings. The van der Waals surface area contributed by atoms with Crippen molar-refractivity contribution in [3.05, 3.63) is 53.8 Å². The van der Waals surface area contributed by atoms with Crippen LogP contribution in [-0.2, 0) is 0 Å². The maximum atomic E-state index is 13.3. The van der Waals surface area contributed by atoms with Gasteiger partial charge in [0, 0.05) is 15.4 Å². The molecule has 0 fully saturated rings. The minimum atomic E-state index is -0.428. The highest BCUT2D eigenvalue weighted by atomic mass is 32.2. The number of hydrogen-bond donors (Lipinski definition) is 1. The van der Waals surface area contributed by atoms with Crippen molar-refractivity contribution in [2.75, 3.05) is 5.73 Å². The third-order valence-electron chi connectivity index (χ3n) is 2.45. The van der Waals surface area contributed by atoms with E-state index in [4.69, 9.17) is 5.73 Å². The molecule has 0 heterocycles. The highest BCUT2D eigenvalue weighted by Gasteiger charge is 2.04. The second-order valence-corrected chi connectivity index (χ2v) is 5.02. The average molecular weight is 291 g/mol. The van der Waals surface area contributed by atoms with Crippen LogP contribution in [0.5, 0.6) is 0 Å². The lowest BCUT2D eigenvalue weighted by Crippen LogP contribution is -1.91. The molecule has 2 nitrogen and oxygen atoms in total. The Balaban J connectivity index is 0.000000956. The molecule has 4 heteroatoms. The van der Waals surface area contributed by atoms with Crippen molar-refractivity contribution in [2.24, 2.45) is 0 Å². The molecule has 106 valence electrons. The van der Waals surface area contributed by atoms with Gasteiger partial charge in [-0.3, -0.25) is 4.79 Å². The Morgan fingerprint density at radius 2 is 1.75 bits per heavy atom. The molecule has 0 bridgehead atoms. The van der Waals surface area contributed by atoms with Gasteiger partial charge in [0.2, 0.25) is 0 Å². The highest BCUT2D eigenvalue weighted by molar-refractivity contribution is 7.99. The smallest absolute Gasteiger partial charge is 0.159 e. The Morgan fingerprint density at radius 1 is 1.10 bits per heavy atom. The van der Waals surface area contributed by atoms with E-state index in [0.29, 0.717) is 5.56 Å². The van der Waals surface area contributed by atoms with E-state index in [1.165, 1.54) is 30.8 Å². The minimum absolute atomic E-state index is 0.0148. The zero-order valence-corrected chi connectivity index (χ0v) is 12.6. The van der Waals surface area contributed by atoms with Gasteiger partial charge in [-0.25, -0.2) is 4.39 Å². The fraction of sp³-hybridized carbons (Fsp3) is 0.188. The van der Waals surface area contributed by atoms with Crippen LogP contribution in [0, 0.1) is 5.82 Å². The number of Topliss-reactive ketones (excluding diaryl/α,β-unsaturated/α-hetero) is 1. The number of carbonyl (C=O) groups excluding carboxylic acids is 1. The van der Waals surface area contributed by atoms with Gasteiger partial charge in [-0.1, -0.05) is 37.7 Å². The fourth-order valence-electron chi connectivity index (χ4n) is 1.49. The summed E-state index contributed by atoms with van der Waals surface area (Å²) < 4.78 is 13.3. The van der Waals surface area contributed by atoms with E-state index < -0.39 is 5.82 Å². The predicted molar refractivity (Wildman–Crippen MR) is 82.7 cm³/mol. The molecule has 0 aliphatic heterocycles. The maximum absolute atomic E-state index is 13.3. The van der Waals surface area contributed by atoms with Crippen LogP contribution in [0.15, 0.2) is 52.3 Å². The second kappa shape index (κ2) is 7.70. The molecule has 0 aliphatic rings. The van der Waals surface area contributed by atoms with Crippen LogP contribution in [0.4, 0.5) is 10.1 Å². The summed E-state index contributed by atoms with van der Waals surface area (Å²) in [4.78, 5) is 12.9. The highest BCUT2D eigenvalue weighted by Crippen LogP contribution is 2.29. The van der Waals surface area contributed by atoms with Crippen LogP contribution in [0.3, 0.4) is 0 Å². The monoisotopic (exact) mass is 291 g/mol. The van der Waals surface area contributed by atoms with Crippen LogP contribution >= 0.6 is 11.8 Å². The van der Waals surface area contributed by atoms with Crippen molar-refractivity contribution in [2.45, 2.75) is 30.6 Å². The van der Waals surface area contributed by atoms with E-state index in [1.807, 2.05) is 26.0 Å². The van der Waals surface area contributed by atoms with Crippen LogP contribution in [0.2, 0.25) is 0 Å². The van der Waals surface area contributed by atoms with Gasteiger partial charge in [0.05, 0.1) is 5.69 Å². The Morgan fingerprint density at radius 3 is 2.35 bits per heavy atom. The first-order valence-corrected chi connectivity index (χ1v) is 7.22. The van der Waals surface area contributed by atoms with Crippen molar-refractivity contribution in [1.82, 2.24) is 0 Å². The van der Waals surface area contributed by atoms with Gasteiger partial charge >= 0.3 is 0 Å². The van der Waals surface area contributed by atoms with E-state index in [1.54, 1.807) is 18.2 Å². The van der Waals surface area contributed by atoms with E-state index in [-0.39, 0.29) is 11.5 Å². The molecule has 0 aliphatic carbocycles. The molecular weight excluding hydrogens is 273 g/mol. The van der Waals surface area contributed by atoms with Crippen molar-refractivity contribution >= 4 is 23.2 Å². The van der Waals surface area contributed by atoms with Gasteiger partial charge < -0.3 is 5.73 Å². The summed E-state index contributed by atoms with van der Waals surface area (Å²) in [5, 5.41) is 0. The lowest BCUT2D eigenvalue weighted by Gasteiger charge is -2.04. The number of rotatable bonds is 3. The SMILES string of the molecule is CC.CC(=O)c1cccc(Sc2ccc(N)c(F)c2)c1. The minimum Gasteiger partial charge on any atom is -0.396 e. The summed E-state index contributed by atoms with van der Waals surface area (Å²) in [5.41, 5.74) is 6.20. The number of anilines is 1. The first-order chi connectivity index (χ1) is 9.56. The van der Waals surface area contributed by atoms with Crippen molar-refractivity contribution in [3.8, 4) is 0 Å². The Kier molecular flexibility index (Phi) is 6.25. The van der Waals surface area contributed by atoms with Crippen LogP contribution in [-0.4, -0.2) is 5.78 Å². The van der Waals surface area contributed by atoms with Crippen LogP contribution < -0.4 is 5.73 Å². The molecular formula is C16H18FNOS. The van der Waals surface area contributed by atoms with E-state index in [0.717, 1.165) is 9.79 Å². The Labute approximate surface area is 123 Å². The summed E-state index contributed by atoms with van der Waals surface area (Å²) in [5.74, 6) is -0.413. The summed E-state index contributed by atoms with van der Waals surface area (Å²) in [6.45, 7) is 5.52. The maximum Gasteiger partial charge on any atom is 0.159 e. The molecule has 2 rings (SSSR count). The van der Waals surface area contributed by atoms with Crippen LogP contribution in [0.1, 0.15) is 31.1 Å². The Hall–Kier alpha value is -1.81. The van der Waals surface area contributed by atoms with Crippen molar-refractivity contribution in [3.63, 3.8) is 0 Å². The van der Waals surface area contributed by atoms with E-state index in [2.05, 4.69) is 0 Å². The van der Waals surface area contributed by atoms with E-state index in [9.17, 15) is 9.18 Å². The molecule has 0 saturated carbocycles. The van der Waals surface area contributed by atoms with Gasteiger partial charge in [0.1, 0.15) is 5.82 Å². The largest absolute Gasteiger partial charge is 0.396 e. The van der Waals surface area contributed by atoms with Gasteiger partial charge in [0.25, 0.3) is 0 Å². The molecule has 0 radical (unpaired) electrons. The Bertz CT molecular complexity index is 599. The van der Waals surface area contributed by atoms with Gasteiger partial charge in [-0.15, -0.1) is 0 Å². The summed E-state index contributed by atoms with van der Waals surface area (Å²) >= 11 is 1.39. The van der Waals surface area contributed by atoms with Crippen molar-refractivity contribution in [1.29, 1.82) is 0 Å². The molecule has 0 amide bonds. The lowest BCUT2D eigenvalue weighted by molar-refractivity contribution is 0.101. The van der Waals surface area contributed by atoms with Gasteiger partial charge in [-0.2, -0.15) is 0 Å². The van der Waals surface area contributed by atoms with E-state index >= 15 is 0 Å². The fourth-order valence-corrected chi connectivity index (χ4v) is 2.39. The average Bonchev–Trinajstić information content (AvgIpc) is 2.45. The zero-order chi connectivity index (χ0) is 15.1. The molecule has 0 aromatic heterocycles. The standard InChI is InChI=1S/C14H12FNOS.C2H6/c1-9(17)10-3-2-4-11(7-10)18-12-5-6-14(16)13(15)8-12;1-2/h2-8H,16H2,1H3;1-2H3. The summed E-state index contributed by atoms with van der Waals surface area (Å²) in [7, 11) is 0. The third kappa shape index (κ3) is 4.38. The number of carbonyl (C=O) groups is 1. The van der Waals surface area contributed by atoms with Gasteiger partial charge in [-0.05, 0) is 37.3 Å². The number of ketones is 1. The van der Waals surface area contributed by atoms with Gasteiger partial charge in [0.15, 0.2) is 5.78 Å². The number of nitrogen functional groups attached to an aromatic ring is 1. The number of hydrogen-bond acceptors (Lipinski definition) is 3. The quantitative estimate of drug-likeness (QED) is 0.653. The predicted octanol–water partition coefficient (Wildman–Crippen LogP) is 4.79. The molecule has 0 atom stereocenters. The molecule has 0 saturated heterocycles. The molecule has 2 aromatic carbocycles. The molecule has 20 heavy (non-hydrogen) atoms. The number of halogens is 1. The summed E-state index contributed by atoms with van der Waals surface area (Å²) in [6.07, 6.45) is 0. The normalized spacial score (nSPS) is 9.60. The van der Waals surface area contributed by atoms with Crippen molar-refractivity contribution < 1.29 is 9.18 Å². The first-order valence-electron chi connectivity index (χ1n) is 6.40. The molecule has 0 spiro atoms. The number of nitrogens with two attached hydrogens (primary N) is 1. The molecule has 2 N–H and O–H groups in total. The number of benzene rings is 2. The molecule has 0 unspecified atom stereocenters. The third-order valence-corrected chi connectivity index (χ3v) is 3.43. The second-order valence-electron chi connectivity index (χ2n) is 3.87. The lowest BCUT2D eigenvalue weighted by atomic mass is 10.2. The summed E-state index contributed by atoms with van der Waals surface area (Å²) in [6, 6.07) is 11.9. The zero-order valence-electron chi connectivity index (χ0n) is 11.8. The topological polar surface area (TPSA) is 43.1 Å².